The smallest absolute Gasteiger partial charge is 0.112 e. The molecule has 1 aromatic carbocycles. The Morgan fingerprint density at radius 1 is 1.14 bits per heavy atom. The number of pyridine rings is 1. The fourth-order valence-corrected chi connectivity index (χ4v) is 3.90. The van der Waals surface area contributed by atoms with E-state index >= 15 is 0 Å². The van der Waals surface area contributed by atoms with Gasteiger partial charge in [-0.3, -0.25) is 14.6 Å². The van der Waals surface area contributed by atoms with Crippen LogP contribution < -0.4 is 0 Å². The van der Waals surface area contributed by atoms with Gasteiger partial charge in [0.15, 0.2) is 0 Å². The van der Waals surface area contributed by atoms with Crippen LogP contribution in [0.5, 0.6) is 0 Å². The topological polar surface area (TPSA) is 43.2 Å². The van der Waals surface area contributed by atoms with E-state index in [-0.39, 0.29) is 6.10 Å². The Kier molecular flexibility index (Phi) is 5.55. The second-order valence-corrected chi connectivity index (χ2v) is 7.76. The minimum absolute atomic E-state index is 0.0148. The number of aromatic nitrogens is 3. The van der Waals surface area contributed by atoms with Crippen LogP contribution in [0.15, 0.2) is 48.8 Å². The standard InChI is InChI=1S/C23H28N4O/c1-17-6-4-5-7-21(17)11-19-10-18(2)25-22(12-19)23-16-27(8-9-28-23)15-20-13-24-26(3)14-20/h4-7,10,12-14,23H,8-9,11,15-16H2,1-3H3/t23-/m0/s1. The Bertz CT molecular complexity index is 949. The Morgan fingerprint density at radius 2 is 2.00 bits per heavy atom. The maximum Gasteiger partial charge on any atom is 0.112 e. The van der Waals surface area contributed by atoms with Gasteiger partial charge in [0.05, 0.1) is 18.5 Å². The molecule has 0 N–H and O–H groups in total. The van der Waals surface area contributed by atoms with Crippen LogP contribution in [0, 0.1) is 13.8 Å². The van der Waals surface area contributed by atoms with Crippen LogP contribution in [0.1, 0.15) is 39.7 Å². The third-order valence-corrected chi connectivity index (χ3v) is 5.33. The maximum atomic E-state index is 6.10. The van der Waals surface area contributed by atoms with E-state index in [4.69, 9.17) is 9.72 Å². The lowest BCUT2D eigenvalue weighted by atomic mass is 9.99. The van der Waals surface area contributed by atoms with Crippen LogP contribution in [0.2, 0.25) is 0 Å². The molecular weight excluding hydrogens is 348 g/mol. The highest BCUT2D eigenvalue weighted by molar-refractivity contribution is 5.33. The summed E-state index contributed by atoms with van der Waals surface area (Å²) in [5.41, 5.74) is 7.32. The van der Waals surface area contributed by atoms with Crippen LogP contribution in [0.3, 0.4) is 0 Å². The van der Waals surface area contributed by atoms with Crippen molar-refractivity contribution in [1.29, 1.82) is 0 Å². The van der Waals surface area contributed by atoms with Crippen molar-refractivity contribution in [2.45, 2.75) is 32.9 Å². The quantitative estimate of drug-likeness (QED) is 0.682. The molecule has 1 aliphatic rings. The lowest BCUT2D eigenvalue weighted by Gasteiger charge is -2.32. The maximum absolute atomic E-state index is 6.10. The van der Waals surface area contributed by atoms with Crippen molar-refractivity contribution in [2.75, 3.05) is 19.7 Å². The average molecular weight is 377 g/mol. The predicted molar refractivity (Wildman–Crippen MR) is 110 cm³/mol. The largest absolute Gasteiger partial charge is 0.369 e. The van der Waals surface area contributed by atoms with E-state index in [1.807, 2.05) is 17.9 Å². The molecule has 1 atom stereocenters. The van der Waals surface area contributed by atoms with Gasteiger partial charge in [0.1, 0.15) is 6.10 Å². The Balaban J connectivity index is 1.50. The summed E-state index contributed by atoms with van der Waals surface area (Å²) in [7, 11) is 1.96. The number of benzene rings is 1. The van der Waals surface area contributed by atoms with Gasteiger partial charge >= 0.3 is 0 Å². The van der Waals surface area contributed by atoms with Crippen LogP contribution in [0.4, 0.5) is 0 Å². The third kappa shape index (κ3) is 4.49. The molecule has 0 unspecified atom stereocenters. The van der Waals surface area contributed by atoms with Gasteiger partial charge in [0.25, 0.3) is 0 Å². The minimum atomic E-state index is 0.0148. The summed E-state index contributed by atoms with van der Waals surface area (Å²) in [6, 6.07) is 13.0. The molecular formula is C23H28N4O. The van der Waals surface area contributed by atoms with Gasteiger partial charge in [-0.05, 0) is 49.1 Å². The van der Waals surface area contributed by atoms with Crippen molar-refractivity contribution in [3.05, 3.63) is 82.4 Å². The third-order valence-electron chi connectivity index (χ3n) is 5.33. The summed E-state index contributed by atoms with van der Waals surface area (Å²) in [4.78, 5) is 7.23. The van der Waals surface area contributed by atoms with Crippen molar-refractivity contribution in [3.8, 4) is 0 Å². The van der Waals surface area contributed by atoms with Crippen molar-refractivity contribution in [3.63, 3.8) is 0 Å². The van der Waals surface area contributed by atoms with Gasteiger partial charge in [0, 0.05) is 44.1 Å². The minimum Gasteiger partial charge on any atom is -0.369 e. The molecule has 5 heteroatoms. The predicted octanol–water partition coefficient (Wildman–Crippen LogP) is 3.60. The number of aryl methyl sites for hydroxylation is 3. The van der Waals surface area contributed by atoms with Crippen molar-refractivity contribution >= 4 is 0 Å². The summed E-state index contributed by atoms with van der Waals surface area (Å²) in [5, 5.41) is 4.28. The molecule has 0 bridgehead atoms. The van der Waals surface area contributed by atoms with E-state index in [1.54, 1.807) is 0 Å². The molecule has 0 radical (unpaired) electrons. The molecule has 2 aromatic heterocycles. The van der Waals surface area contributed by atoms with E-state index < -0.39 is 0 Å². The zero-order valence-corrected chi connectivity index (χ0v) is 16.9. The molecule has 0 spiro atoms. The monoisotopic (exact) mass is 376 g/mol. The first-order chi connectivity index (χ1) is 13.6. The summed E-state index contributed by atoms with van der Waals surface area (Å²) in [5.74, 6) is 0. The highest BCUT2D eigenvalue weighted by Crippen LogP contribution is 2.24. The first kappa shape index (κ1) is 18.8. The summed E-state index contributed by atoms with van der Waals surface area (Å²) >= 11 is 0. The zero-order valence-electron chi connectivity index (χ0n) is 16.9. The average Bonchev–Trinajstić information content (AvgIpc) is 3.08. The first-order valence-corrected chi connectivity index (χ1v) is 9.90. The van der Waals surface area contributed by atoms with Gasteiger partial charge in [-0.2, -0.15) is 5.10 Å². The van der Waals surface area contributed by atoms with Crippen LogP contribution in [-0.4, -0.2) is 39.4 Å². The van der Waals surface area contributed by atoms with E-state index in [0.29, 0.717) is 0 Å². The van der Waals surface area contributed by atoms with Crippen molar-refractivity contribution in [1.82, 2.24) is 19.7 Å². The second-order valence-electron chi connectivity index (χ2n) is 7.76. The summed E-state index contributed by atoms with van der Waals surface area (Å²) < 4.78 is 7.95. The molecule has 1 saturated heterocycles. The Hall–Kier alpha value is -2.50. The van der Waals surface area contributed by atoms with E-state index in [9.17, 15) is 0 Å². The fraction of sp³-hybridized carbons (Fsp3) is 0.391. The molecule has 1 aliphatic heterocycles. The van der Waals surface area contributed by atoms with Gasteiger partial charge in [-0.1, -0.05) is 24.3 Å². The van der Waals surface area contributed by atoms with Gasteiger partial charge < -0.3 is 4.74 Å². The van der Waals surface area contributed by atoms with Crippen LogP contribution >= 0.6 is 0 Å². The molecule has 28 heavy (non-hydrogen) atoms. The van der Waals surface area contributed by atoms with Crippen molar-refractivity contribution < 1.29 is 4.74 Å². The molecule has 0 amide bonds. The lowest BCUT2D eigenvalue weighted by Crippen LogP contribution is -2.38. The SMILES string of the molecule is Cc1cc(Cc2ccccc2C)cc([C@@H]2CN(Cc3cnn(C)c3)CCO2)n1. The summed E-state index contributed by atoms with van der Waals surface area (Å²) in [6.07, 6.45) is 4.96. The number of rotatable bonds is 5. The van der Waals surface area contributed by atoms with Crippen LogP contribution in [-0.2, 0) is 24.8 Å². The van der Waals surface area contributed by atoms with Gasteiger partial charge in [0.2, 0.25) is 0 Å². The van der Waals surface area contributed by atoms with Crippen LogP contribution in [0.25, 0.3) is 0 Å². The Morgan fingerprint density at radius 3 is 2.79 bits per heavy atom. The molecule has 4 rings (SSSR count). The second kappa shape index (κ2) is 8.25. The first-order valence-electron chi connectivity index (χ1n) is 9.90. The molecule has 3 aromatic rings. The lowest BCUT2D eigenvalue weighted by molar-refractivity contribution is -0.0350. The number of ether oxygens (including phenoxy) is 1. The van der Waals surface area contributed by atoms with E-state index in [1.165, 1.54) is 22.3 Å². The fourth-order valence-electron chi connectivity index (χ4n) is 3.90. The molecule has 5 nitrogen and oxygen atoms in total. The molecule has 3 heterocycles. The highest BCUT2D eigenvalue weighted by Gasteiger charge is 2.24. The number of morpholine rings is 1. The van der Waals surface area contributed by atoms with Gasteiger partial charge in [-0.25, -0.2) is 0 Å². The number of nitrogens with zero attached hydrogens (tertiary/aromatic N) is 4. The summed E-state index contributed by atoms with van der Waals surface area (Å²) in [6.45, 7) is 7.66. The molecule has 0 saturated carbocycles. The molecule has 1 fully saturated rings. The van der Waals surface area contributed by atoms with Gasteiger partial charge in [-0.15, -0.1) is 0 Å². The van der Waals surface area contributed by atoms with Crippen molar-refractivity contribution in [2.24, 2.45) is 7.05 Å². The molecule has 146 valence electrons. The normalized spacial score (nSPS) is 17.8. The Labute approximate surface area is 167 Å². The van der Waals surface area contributed by atoms with E-state index in [2.05, 4.69) is 66.4 Å². The molecule has 0 aliphatic carbocycles. The number of hydrogen-bond acceptors (Lipinski definition) is 4. The highest BCUT2D eigenvalue weighted by atomic mass is 16.5. The zero-order chi connectivity index (χ0) is 19.5. The van der Waals surface area contributed by atoms with E-state index in [0.717, 1.165) is 44.0 Å². The number of hydrogen-bond donors (Lipinski definition) is 0.